The summed E-state index contributed by atoms with van der Waals surface area (Å²) in [7, 11) is 1.62. The fourth-order valence-corrected chi connectivity index (χ4v) is 4.27. The minimum absolute atomic E-state index is 0.119. The molecular weight excluding hydrogens is 446 g/mol. The topological polar surface area (TPSA) is 61.1 Å². The van der Waals surface area contributed by atoms with E-state index >= 15 is 0 Å². The second-order valence-electron chi connectivity index (χ2n) is 6.79. The summed E-state index contributed by atoms with van der Waals surface area (Å²) in [5.74, 6) is 2.78. The second kappa shape index (κ2) is 10.4. The van der Waals surface area contributed by atoms with Crippen LogP contribution in [0.15, 0.2) is 76.2 Å². The van der Waals surface area contributed by atoms with Crippen molar-refractivity contribution in [2.45, 2.75) is 6.54 Å². The first-order valence-electron chi connectivity index (χ1n) is 9.90. The molecule has 1 aromatic heterocycles. The highest BCUT2D eigenvalue weighted by molar-refractivity contribution is 8.26. The van der Waals surface area contributed by atoms with Crippen molar-refractivity contribution in [2.75, 3.05) is 20.3 Å². The Hall–Kier alpha value is -3.23. The normalized spacial score (nSPS) is 14.8. The molecule has 0 saturated carbocycles. The minimum Gasteiger partial charge on any atom is -0.497 e. The number of benzene rings is 2. The lowest BCUT2D eigenvalue weighted by atomic mass is 10.2. The van der Waals surface area contributed by atoms with Crippen LogP contribution in [0.4, 0.5) is 0 Å². The molecule has 4 rings (SSSR count). The van der Waals surface area contributed by atoms with E-state index in [0.717, 1.165) is 22.8 Å². The zero-order chi connectivity index (χ0) is 22.3. The van der Waals surface area contributed by atoms with Crippen LogP contribution >= 0.6 is 24.0 Å². The van der Waals surface area contributed by atoms with E-state index in [4.69, 9.17) is 30.8 Å². The van der Waals surface area contributed by atoms with E-state index in [1.807, 2.05) is 60.7 Å². The largest absolute Gasteiger partial charge is 0.497 e. The molecule has 1 saturated heterocycles. The smallest absolute Gasteiger partial charge is 0.266 e. The number of nitrogens with zero attached hydrogens (tertiary/aromatic N) is 1. The molecule has 1 fully saturated rings. The average Bonchev–Trinajstić information content (AvgIpc) is 3.42. The third-order valence-corrected chi connectivity index (χ3v) is 5.99. The van der Waals surface area contributed by atoms with Crippen molar-refractivity contribution in [2.24, 2.45) is 0 Å². The van der Waals surface area contributed by atoms with E-state index in [1.165, 1.54) is 11.8 Å². The van der Waals surface area contributed by atoms with Crippen LogP contribution in [0.25, 0.3) is 6.08 Å². The van der Waals surface area contributed by atoms with Gasteiger partial charge < -0.3 is 18.6 Å². The summed E-state index contributed by atoms with van der Waals surface area (Å²) < 4.78 is 22.4. The van der Waals surface area contributed by atoms with Gasteiger partial charge in [-0.05, 0) is 48.0 Å². The summed E-state index contributed by atoms with van der Waals surface area (Å²) in [4.78, 5) is 14.8. The molecule has 164 valence electrons. The number of methoxy groups -OCH3 is 1. The number of thiocarbonyl (C=S) groups is 1. The van der Waals surface area contributed by atoms with Gasteiger partial charge in [0.1, 0.15) is 40.5 Å². The number of rotatable bonds is 9. The molecule has 0 bridgehead atoms. The van der Waals surface area contributed by atoms with Crippen molar-refractivity contribution in [3.63, 3.8) is 0 Å². The maximum Gasteiger partial charge on any atom is 0.266 e. The van der Waals surface area contributed by atoms with E-state index in [9.17, 15) is 4.79 Å². The molecule has 0 unspecified atom stereocenters. The number of thioether (sulfide) groups is 1. The number of carbonyl (C=O) groups excluding carboxylic acids is 1. The third kappa shape index (κ3) is 5.52. The molecule has 0 N–H and O–H groups in total. The van der Waals surface area contributed by atoms with Crippen LogP contribution in [0.5, 0.6) is 17.2 Å². The van der Waals surface area contributed by atoms with Gasteiger partial charge in [0, 0.05) is 6.07 Å². The molecule has 2 heterocycles. The fraction of sp³-hybridized carbons (Fsp3) is 0.167. The Morgan fingerprint density at radius 1 is 1.00 bits per heavy atom. The summed E-state index contributed by atoms with van der Waals surface area (Å²) in [5, 5.41) is 0. The van der Waals surface area contributed by atoms with Crippen LogP contribution in [-0.4, -0.2) is 35.5 Å². The highest BCUT2D eigenvalue weighted by Crippen LogP contribution is 2.33. The Morgan fingerprint density at radius 2 is 1.75 bits per heavy atom. The highest BCUT2D eigenvalue weighted by atomic mass is 32.2. The predicted molar refractivity (Wildman–Crippen MR) is 128 cm³/mol. The molecule has 2 aromatic carbocycles. The van der Waals surface area contributed by atoms with Gasteiger partial charge in [0.25, 0.3) is 5.91 Å². The molecule has 0 atom stereocenters. The van der Waals surface area contributed by atoms with Crippen LogP contribution in [0.1, 0.15) is 11.3 Å². The van der Waals surface area contributed by atoms with E-state index < -0.39 is 0 Å². The van der Waals surface area contributed by atoms with Gasteiger partial charge in [0.05, 0.1) is 24.8 Å². The Morgan fingerprint density at radius 3 is 2.47 bits per heavy atom. The summed E-state index contributed by atoms with van der Waals surface area (Å²) >= 11 is 6.65. The van der Waals surface area contributed by atoms with Gasteiger partial charge in [-0.1, -0.05) is 42.2 Å². The van der Waals surface area contributed by atoms with E-state index in [2.05, 4.69) is 0 Å². The van der Waals surface area contributed by atoms with Gasteiger partial charge in [0.15, 0.2) is 0 Å². The number of hydrogen-bond acceptors (Lipinski definition) is 7. The SMILES string of the molecule is COc1cccc(OCCOc2ccc(C=C3SC(=S)N(Cc4ccco4)C3=O)cc2)c1. The molecule has 0 radical (unpaired) electrons. The first kappa shape index (κ1) is 22.0. The van der Waals surface area contributed by atoms with Crippen molar-refractivity contribution >= 4 is 40.3 Å². The summed E-state index contributed by atoms with van der Waals surface area (Å²) in [6.45, 7) is 1.15. The molecule has 1 amide bonds. The Balaban J connectivity index is 1.29. The second-order valence-corrected chi connectivity index (χ2v) is 8.47. The number of amides is 1. The minimum atomic E-state index is -0.119. The molecule has 1 aliphatic rings. The zero-order valence-corrected chi connectivity index (χ0v) is 19.0. The molecule has 0 spiro atoms. The van der Waals surface area contributed by atoms with Gasteiger partial charge >= 0.3 is 0 Å². The average molecular weight is 468 g/mol. The van der Waals surface area contributed by atoms with Crippen LogP contribution < -0.4 is 14.2 Å². The van der Waals surface area contributed by atoms with Crippen molar-refractivity contribution < 1.29 is 23.4 Å². The fourth-order valence-electron chi connectivity index (χ4n) is 3.02. The Labute approximate surface area is 195 Å². The van der Waals surface area contributed by atoms with Crippen LogP contribution in [0.3, 0.4) is 0 Å². The standard InChI is InChI=1S/C24H21NO5S2/c1-27-19-4-2-5-20(15-19)30-13-12-29-18-9-7-17(8-10-18)14-22-23(26)25(24(31)32-22)16-21-6-3-11-28-21/h2-11,14-15H,12-13,16H2,1H3. The van der Waals surface area contributed by atoms with Crippen LogP contribution in [0, 0.1) is 0 Å². The molecule has 1 aliphatic heterocycles. The predicted octanol–water partition coefficient (Wildman–Crippen LogP) is 5.15. The number of furan rings is 1. The van der Waals surface area contributed by atoms with Gasteiger partial charge in [-0.3, -0.25) is 9.69 Å². The first-order chi connectivity index (χ1) is 15.6. The van der Waals surface area contributed by atoms with E-state index in [0.29, 0.717) is 34.7 Å². The zero-order valence-electron chi connectivity index (χ0n) is 17.4. The van der Waals surface area contributed by atoms with Crippen molar-refractivity contribution in [3.8, 4) is 17.2 Å². The van der Waals surface area contributed by atoms with Gasteiger partial charge in [-0.25, -0.2) is 0 Å². The number of hydrogen-bond donors (Lipinski definition) is 0. The lowest BCUT2D eigenvalue weighted by molar-refractivity contribution is -0.122. The Bertz CT molecular complexity index is 1110. The number of ether oxygens (including phenoxy) is 3. The molecule has 32 heavy (non-hydrogen) atoms. The highest BCUT2D eigenvalue weighted by Gasteiger charge is 2.32. The first-order valence-corrected chi connectivity index (χ1v) is 11.1. The maximum absolute atomic E-state index is 12.7. The van der Waals surface area contributed by atoms with Crippen molar-refractivity contribution in [1.29, 1.82) is 0 Å². The molecule has 8 heteroatoms. The Kier molecular flexibility index (Phi) is 7.14. The van der Waals surface area contributed by atoms with Crippen LogP contribution in [0.2, 0.25) is 0 Å². The van der Waals surface area contributed by atoms with E-state index in [-0.39, 0.29) is 5.91 Å². The van der Waals surface area contributed by atoms with Gasteiger partial charge in [-0.15, -0.1) is 0 Å². The molecule has 6 nitrogen and oxygen atoms in total. The summed E-state index contributed by atoms with van der Waals surface area (Å²) in [5.41, 5.74) is 0.892. The van der Waals surface area contributed by atoms with E-state index in [1.54, 1.807) is 24.3 Å². The van der Waals surface area contributed by atoms with Crippen molar-refractivity contribution in [3.05, 3.63) is 83.2 Å². The van der Waals surface area contributed by atoms with Crippen molar-refractivity contribution in [1.82, 2.24) is 4.90 Å². The lowest BCUT2D eigenvalue weighted by Crippen LogP contribution is -2.27. The monoisotopic (exact) mass is 467 g/mol. The summed E-state index contributed by atoms with van der Waals surface area (Å²) in [6, 6.07) is 18.6. The molecule has 3 aromatic rings. The molecular formula is C24H21NO5S2. The lowest BCUT2D eigenvalue weighted by Gasteiger charge is -2.12. The number of carbonyl (C=O) groups is 1. The maximum atomic E-state index is 12.7. The van der Waals surface area contributed by atoms with Gasteiger partial charge in [-0.2, -0.15) is 0 Å². The quantitative estimate of drug-likeness (QED) is 0.245. The van der Waals surface area contributed by atoms with Gasteiger partial charge in [0.2, 0.25) is 0 Å². The van der Waals surface area contributed by atoms with Crippen LogP contribution in [-0.2, 0) is 11.3 Å². The third-order valence-electron chi connectivity index (χ3n) is 4.61. The summed E-state index contributed by atoms with van der Waals surface area (Å²) in [6.07, 6.45) is 3.41. The molecule has 0 aliphatic carbocycles.